The summed E-state index contributed by atoms with van der Waals surface area (Å²) in [7, 11) is 1.32. The Balaban J connectivity index is 1.34. The molecular formula is C25H27N3O6. The third kappa shape index (κ3) is 4.25. The van der Waals surface area contributed by atoms with Gasteiger partial charge in [0.05, 0.1) is 30.0 Å². The molecule has 0 spiro atoms. The van der Waals surface area contributed by atoms with Crippen molar-refractivity contribution in [3.8, 4) is 11.5 Å². The molecule has 0 aromatic heterocycles. The summed E-state index contributed by atoms with van der Waals surface area (Å²) in [5, 5.41) is 2.98. The van der Waals surface area contributed by atoms with Gasteiger partial charge in [0, 0.05) is 37.8 Å². The lowest BCUT2D eigenvalue weighted by molar-refractivity contribution is -0.122. The van der Waals surface area contributed by atoms with Crippen LogP contribution in [0, 0.1) is 5.92 Å². The summed E-state index contributed by atoms with van der Waals surface area (Å²) in [6.07, 6.45) is 2.26. The number of hydrogen-bond acceptors (Lipinski definition) is 7. The molecule has 2 fully saturated rings. The van der Waals surface area contributed by atoms with Crippen LogP contribution >= 0.6 is 0 Å². The highest BCUT2D eigenvalue weighted by atomic mass is 16.6. The smallest absolute Gasteiger partial charge is 0.337 e. The predicted octanol–water partition coefficient (Wildman–Crippen LogP) is 2.84. The van der Waals surface area contributed by atoms with Gasteiger partial charge in [-0.3, -0.25) is 9.59 Å². The van der Waals surface area contributed by atoms with Crippen LogP contribution in [0.3, 0.4) is 0 Å². The maximum atomic E-state index is 13.2. The minimum absolute atomic E-state index is 0.107. The molecule has 3 aliphatic heterocycles. The summed E-state index contributed by atoms with van der Waals surface area (Å²) in [5.41, 5.74) is 2.46. The van der Waals surface area contributed by atoms with E-state index in [2.05, 4.69) is 10.2 Å². The molecule has 0 saturated carbocycles. The Morgan fingerprint density at radius 1 is 1.03 bits per heavy atom. The first-order valence-corrected chi connectivity index (χ1v) is 11.5. The number of carbonyl (C=O) groups is 3. The second-order valence-electron chi connectivity index (χ2n) is 8.64. The largest absolute Gasteiger partial charge is 0.486 e. The van der Waals surface area contributed by atoms with Gasteiger partial charge in [-0.05, 0) is 43.2 Å². The highest BCUT2D eigenvalue weighted by Crippen LogP contribution is 2.37. The van der Waals surface area contributed by atoms with Crippen molar-refractivity contribution < 1.29 is 28.6 Å². The van der Waals surface area contributed by atoms with Gasteiger partial charge in [-0.25, -0.2) is 4.79 Å². The summed E-state index contributed by atoms with van der Waals surface area (Å²) in [5.74, 6) is -0.121. The number of rotatable bonds is 5. The van der Waals surface area contributed by atoms with Crippen molar-refractivity contribution in [1.82, 2.24) is 0 Å². The minimum atomic E-state index is -0.520. The molecule has 0 bridgehead atoms. The van der Waals surface area contributed by atoms with Crippen molar-refractivity contribution in [2.24, 2.45) is 5.92 Å². The van der Waals surface area contributed by atoms with E-state index in [1.165, 1.54) is 7.11 Å². The molecular weight excluding hydrogens is 438 g/mol. The molecule has 1 unspecified atom stereocenters. The summed E-state index contributed by atoms with van der Waals surface area (Å²) < 4.78 is 16.0. The lowest BCUT2D eigenvalue weighted by Gasteiger charge is -2.23. The molecule has 2 aromatic carbocycles. The van der Waals surface area contributed by atoms with Crippen LogP contribution in [0.4, 0.5) is 17.1 Å². The number of hydrogen-bond donors (Lipinski definition) is 1. The predicted molar refractivity (Wildman–Crippen MR) is 126 cm³/mol. The van der Waals surface area contributed by atoms with Crippen LogP contribution in [0.15, 0.2) is 36.4 Å². The fraction of sp³-hybridized carbons (Fsp3) is 0.400. The Bertz CT molecular complexity index is 1130. The van der Waals surface area contributed by atoms with Crippen LogP contribution in [0.2, 0.25) is 0 Å². The molecule has 2 aromatic rings. The van der Waals surface area contributed by atoms with Gasteiger partial charge >= 0.3 is 5.97 Å². The highest BCUT2D eigenvalue weighted by Gasteiger charge is 2.36. The van der Waals surface area contributed by atoms with Crippen molar-refractivity contribution >= 4 is 34.8 Å². The number of ether oxygens (including phenoxy) is 3. The van der Waals surface area contributed by atoms with Crippen LogP contribution in [0.1, 0.15) is 29.6 Å². The molecule has 34 heavy (non-hydrogen) atoms. The van der Waals surface area contributed by atoms with E-state index in [-0.39, 0.29) is 24.8 Å². The fourth-order valence-corrected chi connectivity index (χ4v) is 4.68. The van der Waals surface area contributed by atoms with E-state index in [9.17, 15) is 14.4 Å². The number of anilines is 3. The molecule has 1 atom stereocenters. The van der Waals surface area contributed by atoms with Gasteiger partial charge in [0.25, 0.3) is 0 Å². The second kappa shape index (κ2) is 9.24. The summed E-state index contributed by atoms with van der Waals surface area (Å²) >= 11 is 0. The van der Waals surface area contributed by atoms with E-state index >= 15 is 0 Å². The van der Waals surface area contributed by atoms with E-state index in [4.69, 9.17) is 14.2 Å². The minimum Gasteiger partial charge on any atom is -0.486 e. The number of carbonyl (C=O) groups excluding carboxylic acids is 3. The maximum absolute atomic E-state index is 13.2. The lowest BCUT2D eigenvalue weighted by Crippen LogP contribution is -2.29. The number of nitrogens with one attached hydrogen (secondary N) is 1. The average molecular weight is 466 g/mol. The SMILES string of the molecule is COC(=O)c1ccc(N2CCCC2)c(NC(=O)C2CC(=O)N(c3ccc4c(c3)OCCO4)C2)c1. The van der Waals surface area contributed by atoms with Crippen LogP contribution < -0.4 is 24.6 Å². The van der Waals surface area contributed by atoms with E-state index in [1.807, 2.05) is 6.07 Å². The van der Waals surface area contributed by atoms with Gasteiger partial charge in [0.2, 0.25) is 11.8 Å². The Labute approximate surface area is 197 Å². The Morgan fingerprint density at radius 3 is 2.56 bits per heavy atom. The first kappa shape index (κ1) is 22.1. The third-order valence-corrected chi connectivity index (χ3v) is 6.46. The zero-order valence-corrected chi connectivity index (χ0v) is 19.0. The van der Waals surface area contributed by atoms with Crippen LogP contribution in [-0.2, 0) is 14.3 Å². The standard InChI is InChI=1S/C25H27N3O6/c1-32-25(31)16-4-6-20(27-8-2-3-9-27)19(12-16)26-24(30)17-13-23(29)28(15-17)18-5-7-21-22(14-18)34-11-10-33-21/h4-7,12,14,17H,2-3,8-11,13,15H2,1H3,(H,26,30). The van der Waals surface area contributed by atoms with E-state index in [0.717, 1.165) is 31.6 Å². The molecule has 0 aliphatic carbocycles. The van der Waals surface area contributed by atoms with E-state index in [1.54, 1.807) is 35.2 Å². The number of nitrogens with zero attached hydrogens (tertiary/aromatic N) is 2. The van der Waals surface area contributed by atoms with E-state index < -0.39 is 11.9 Å². The van der Waals surface area contributed by atoms with Gasteiger partial charge in [0.15, 0.2) is 11.5 Å². The van der Waals surface area contributed by atoms with Crippen LogP contribution in [-0.4, -0.2) is 57.7 Å². The molecule has 178 valence electrons. The molecule has 5 rings (SSSR count). The summed E-state index contributed by atoms with van der Waals surface area (Å²) in [4.78, 5) is 41.9. The second-order valence-corrected chi connectivity index (χ2v) is 8.64. The fourth-order valence-electron chi connectivity index (χ4n) is 4.68. The van der Waals surface area contributed by atoms with Gasteiger partial charge < -0.3 is 29.3 Å². The normalized spacial score (nSPS) is 19.3. The number of amides is 2. The first-order chi connectivity index (χ1) is 16.5. The lowest BCUT2D eigenvalue weighted by atomic mass is 10.1. The zero-order valence-electron chi connectivity index (χ0n) is 19.0. The van der Waals surface area contributed by atoms with Crippen molar-refractivity contribution in [3.05, 3.63) is 42.0 Å². The molecule has 1 N–H and O–H groups in total. The molecule has 3 aliphatic rings. The van der Waals surface area contributed by atoms with Gasteiger partial charge in [-0.15, -0.1) is 0 Å². The third-order valence-electron chi connectivity index (χ3n) is 6.46. The monoisotopic (exact) mass is 465 g/mol. The van der Waals surface area contributed by atoms with E-state index in [0.29, 0.717) is 41.7 Å². The molecule has 2 saturated heterocycles. The van der Waals surface area contributed by atoms with Crippen molar-refractivity contribution in [2.45, 2.75) is 19.3 Å². The molecule has 9 heteroatoms. The van der Waals surface area contributed by atoms with Crippen molar-refractivity contribution in [3.63, 3.8) is 0 Å². The molecule has 0 radical (unpaired) electrons. The summed E-state index contributed by atoms with van der Waals surface area (Å²) in [6.45, 7) is 2.99. The number of methoxy groups -OCH3 is 1. The van der Waals surface area contributed by atoms with Gasteiger partial charge in [-0.1, -0.05) is 0 Å². The maximum Gasteiger partial charge on any atom is 0.337 e. The zero-order chi connectivity index (χ0) is 23.7. The Hall–Kier alpha value is -3.75. The number of fused-ring (bicyclic) bond motifs is 1. The van der Waals surface area contributed by atoms with Crippen molar-refractivity contribution in [1.29, 1.82) is 0 Å². The molecule has 2 amide bonds. The topological polar surface area (TPSA) is 97.4 Å². The van der Waals surface area contributed by atoms with Crippen LogP contribution in [0.25, 0.3) is 0 Å². The summed E-state index contributed by atoms with van der Waals surface area (Å²) in [6, 6.07) is 10.6. The van der Waals surface area contributed by atoms with Crippen molar-refractivity contribution in [2.75, 3.05) is 55.1 Å². The average Bonchev–Trinajstić information content (AvgIpc) is 3.53. The van der Waals surface area contributed by atoms with Gasteiger partial charge in [-0.2, -0.15) is 0 Å². The molecule has 3 heterocycles. The number of esters is 1. The quantitative estimate of drug-likeness (QED) is 0.678. The molecule has 9 nitrogen and oxygen atoms in total. The highest BCUT2D eigenvalue weighted by molar-refractivity contribution is 6.05. The van der Waals surface area contributed by atoms with Gasteiger partial charge in [0.1, 0.15) is 13.2 Å². The first-order valence-electron chi connectivity index (χ1n) is 11.5. The Morgan fingerprint density at radius 2 is 1.79 bits per heavy atom. The number of benzene rings is 2. The van der Waals surface area contributed by atoms with Crippen LogP contribution in [0.5, 0.6) is 11.5 Å². The Kier molecular flexibility index (Phi) is 6.00.